The van der Waals surface area contributed by atoms with Crippen molar-refractivity contribution in [3.05, 3.63) is 41.2 Å². The molecule has 0 fully saturated rings. The Kier molecular flexibility index (Phi) is 4.62. The van der Waals surface area contributed by atoms with Crippen LogP contribution in [-0.4, -0.2) is 22.3 Å². The second kappa shape index (κ2) is 6.43. The number of carbonyl (C=O) groups excluding carboxylic acids is 1. The summed E-state index contributed by atoms with van der Waals surface area (Å²) in [7, 11) is 1.89. The maximum Gasteiger partial charge on any atom is 0.228 e. The van der Waals surface area contributed by atoms with Gasteiger partial charge in [-0.25, -0.2) is 0 Å². The number of rotatable bonds is 5. The number of anilines is 1. The van der Waals surface area contributed by atoms with E-state index in [-0.39, 0.29) is 5.91 Å². The molecule has 0 saturated heterocycles. The third kappa shape index (κ3) is 3.62. The maximum absolute atomic E-state index is 12.1. The molecule has 5 heteroatoms. The molecule has 2 aromatic rings. The van der Waals surface area contributed by atoms with Crippen molar-refractivity contribution in [3.63, 3.8) is 0 Å². The molecule has 112 valence electrons. The molecule has 0 aliphatic carbocycles. The summed E-state index contributed by atoms with van der Waals surface area (Å²) >= 11 is 0. The Balaban J connectivity index is 2.01. The van der Waals surface area contributed by atoms with Gasteiger partial charge in [0.05, 0.1) is 18.7 Å². The summed E-state index contributed by atoms with van der Waals surface area (Å²) in [6, 6.07) is 7.37. The third-order valence-electron chi connectivity index (χ3n) is 3.45. The van der Waals surface area contributed by atoms with Crippen LogP contribution in [0.4, 0.5) is 5.69 Å². The molecule has 0 spiro atoms. The van der Waals surface area contributed by atoms with E-state index >= 15 is 0 Å². The van der Waals surface area contributed by atoms with Crippen molar-refractivity contribution in [2.45, 2.75) is 27.2 Å². The molecule has 1 aromatic carbocycles. The van der Waals surface area contributed by atoms with Gasteiger partial charge in [0.25, 0.3) is 0 Å². The zero-order valence-electron chi connectivity index (χ0n) is 12.9. The summed E-state index contributed by atoms with van der Waals surface area (Å²) in [5, 5.41) is 7.21. The highest BCUT2D eigenvalue weighted by molar-refractivity contribution is 5.92. The van der Waals surface area contributed by atoms with E-state index in [1.54, 1.807) is 4.68 Å². The van der Waals surface area contributed by atoms with E-state index in [1.165, 1.54) is 0 Å². The number of hydrogen-bond acceptors (Lipinski definition) is 3. The van der Waals surface area contributed by atoms with Gasteiger partial charge in [-0.1, -0.05) is 0 Å². The molecule has 0 unspecified atom stereocenters. The number of hydrogen-bond donors (Lipinski definition) is 1. The number of aryl methyl sites for hydroxylation is 2. The average molecular weight is 287 g/mol. The van der Waals surface area contributed by atoms with E-state index in [1.807, 2.05) is 52.1 Å². The molecule has 1 heterocycles. The number of ether oxygens (including phenoxy) is 1. The molecule has 1 aromatic heterocycles. The molecule has 0 bridgehead atoms. The van der Waals surface area contributed by atoms with E-state index in [0.717, 1.165) is 28.4 Å². The first kappa shape index (κ1) is 15.1. The highest BCUT2D eigenvalue weighted by atomic mass is 16.5. The van der Waals surface area contributed by atoms with Crippen molar-refractivity contribution in [2.75, 3.05) is 11.9 Å². The third-order valence-corrected chi connectivity index (χ3v) is 3.45. The van der Waals surface area contributed by atoms with E-state index in [4.69, 9.17) is 4.74 Å². The van der Waals surface area contributed by atoms with Crippen LogP contribution in [0, 0.1) is 13.8 Å². The molecular weight excluding hydrogens is 266 g/mol. The first-order valence-corrected chi connectivity index (χ1v) is 7.03. The number of nitrogens with zero attached hydrogens (tertiary/aromatic N) is 2. The second-order valence-corrected chi connectivity index (χ2v) is 4.96. The van der Waals surface area contributed by atoms with Crippen LogP contribution in [0.5, 0.6) is 5.75 Å². The Morgan fingerprint density at radius 2 is 1.95 bits per heavy atom. The quantitative estimate of drug-likeness (QED) is 0.919. The van der Waals surface area contributed by atoms with Crippen LogP contribution in [0.15, 0.2) is 24.3 Å². The van der Waals surface area contributed by atoms with Gasteiger partial charge in [-0.05, 0) is 45.0 Å². The Labute approximate surface area is 124 Å². The molecule has 5 nitrogen and oxygen atoms in total. The van der Waals surface area contributed by atoms with Crippen molar-refractivity contribution in [3.8, 4) is 5.75 Å². The minimum absolute atomic E-state index is 0.0432. The predicted octanol–water partition coefficient (Wildman–Crippen LogP) is 2.62. The van der Waals surface area contributed by atoms with Gasteiger partial charge in [0, 0.05) is 24.0 Å². The summed E-state index contributed by atoms with van der Waals surface area (Å²) in [5.74, 6) is 0.757. The molecule has 0 saturated carbocycles. The van der Waals surface area contributed by atoms with Gasteiger partial charge in [0.1, 0.15) is 5.75 Å². The fraction of sp³-hybridized carbons (Fsp3) is 0.375. The van der Waals surface area contributed by atoms with Crippen molar-refractivity contribution < 1.29 is 9.53 Å². The highest BCUT2D eigenvalue weighted by Gasteiger charge is 2.13. The summed E-state index contributed by atoms with van der Waals surface area (Å²) in [6.07, 6.45) is 0.332. The molecule has 1 N–H and O–H groups in total. The SMILES string of the molecule is CCOc1ccc(NC(=O)Cc2c(C)nn(C)c2C)cc1. The summed E-state index contributed by atoms with van der Waals surface area (Å²) < 4.78 is 7.17. The lowest BCUT2D eigenvalue weighted by molar-refractivity contribution is -0.115. The van der Waals surface area contributed by atoms with Crippen LogP contribution in [0.25, 0.3) is 0 Å². The summed E-state index contributed by atoms with van der Waals surface area (Å²) in [4.78, 5) is 12.1. The Hall–Kier alpha value is -2.30. The van der Waals surface area contributed by atoms with Gasteiger partial charge in [-0.15, -0.1) is 0 Å². The largest absolute Gasteiger partial charge is 0.494 e. The normalized spacial score (nSPS) is 10.5. The average Bonchev–Trinajstić information content (AvgIpc) is 2.68. The lowest BCUT2D eigenvalue weighted by atomic mass is 10.1. The standard InChI is InChI=1S/C16H21N3O2/c1-5-21-14-8-6-13(7-9-14)17-16(20)10-15-11(2)18-19(4)12(15)3/h6-9H,5,10H2,1-4H3,(H,17,20). The number of benzene rings is 1. The number of amides is 1. The van der Waals surface area contributed by atoms with E-state index in [2.05, 4.69) is 10.4 Å². The van der Waals surface area contributed by atoms with Crippen LogP contribution >= 0.6 is 0 Å². The van der Waals surface area contributed by atoms with Crippen molar-refractivity contribution >= 4 is 11.6 Å². The molecule has 21 heavy (non-hydrogen) atoms. The van der Waals surface area contributed by atoms with Crippen molar-refractivity contribution in [2.24, 2.45) is 7.05 Å². The lowest BCUT2D eigenvalue weighted by Gasteiger charge is -2.07. The van der Waals surface area contributed by atoms with Crippen LogP contribution in [0.2, 0.25) is 0 Å². The van der Waals surface area contributed by atoms with Gasteiger partial charge >= 0.3 is 0 Å². The molecular formula is C16H21N3O2. The fourth-order valence-corrected chi connectivity index (χ4v) is 2.24. The second-order valence-electron chi connectivity index (χ2n) is 4.96. The van der Waals surface area contributed by atoms with E-state index in [9.17, 15) is 4.79 Å². The first-order valence-electron chi connectivity index (χ1n) is 7.03. The van der Waals surface area contributed by atoms with Crippen LogP contribution in [0.1, 0.15) is 23.9 Å². The smallest absolute Gasteiger partial charge is 0.228 e. The molecule has 0 atom stereocenters. The van der Waals surface area contributed by atoms with Crippen LogP contribution in [-0.2, 0) is 18.3 Å². The van der Waals surface area contributed by atoms with Crippen molar-refractivity contribution in [1.29, 1.82) is 0 Å². The van der Waals surface area contributed by atoms with Gasteiger partial charge in [0.2, 0.25) is 5.91 Å². The number of nitrogens with one attached hydrogen (secondary N) is 1. The minimum atomic E-state index is -0.0432. The fourth-order valence-electron chi connectivity index (χ4n) is 2.24. The first-order chi connectivity index (χ1) is 10.0. The molecule has 2 rings (SSSR count). The van der Waals surface area contributed by atoms with E-state index < -0.39 is 0 Å². The Bertz CT molecular complexity index is 630. The van der Waals surface area contributed by atoms with Gasteiger partial charge in [-0.2, -0.15) is 5.10 Å². The molecule has 1 amide bonds. The predicted molar refractivity (Wildman–Crippen MR) is 82.6 cm³/mol. The number of aromatic nitrogens is 2. The molecule has 0 aliphatic heterocycles. The van der Waals surface area contributed by atoms with Gasteiger partial charge in [0.15, 0.2) is 0 Å². The summed E-state index contributed by atoms with van der Waals surface area (Å²) in [5.41, 5.74) is 3.68. The van der Waals surface area contributed by atoms with Gasteiger partial charge in [-0.3, -0.25) is 9.48 Å². The monoisotopic (exact) mass is 287 g/mol. The maximum atomic E-state index is 12.1. The highest BCUT2D eigenvalue weighted by Crippen LogP contribution is 2.17. The van der Waals surface area contributed by atoms with Crippen LogP contribution in [0.3, 0.4) is 0 Å². The van der Waals surface area contributed by atoms with E-state index in [0.29, 0.717) is 13.0 Å². The zero-order valence-corrected chi connectivity index (χ0v) is 12.9. The van der Waals surface area contributed by atoms with Crippen LogP contribution < -0.4 is 10.1 Å². The van der Waals surface area contributed by atoms with Crippen molar-refractivity contribution in [1.82, 2.24) is 9.78 Å². The lowest BCUT2D eigenvalue weighted by Crippen LogP contribution is -2.15. The van der Waals surface area contributed by atoms with Gasteiger partial charge < -0.3 is 10.1 Å². The zero-order chi connectivity index (χ0) is 15.4. The topological polar surface area (TPSA) is 56.1 Å². The molecule has 0 radical (unpaired) electrons. The number of carbonyl (C=O) groups is 1. The molecule has 0 aliphatic rings. The minimum Gasteiger partial charge on any atom is -0.494 e. The Morgan fingerprint density at radius 3 is 2.48 bits per heavy atom. The summed E-state index contributed by atoms with van der Waals surface area (Å²) in [6.45, 7) is 6.46. The Morgan fingerprint density at radius 1 is 1.29 bits per heavy atom.